The van der Waals surface area contributed by atoms with E-state index in [9.17, 15) is 13.2 Å². The summed E-state index contributed by atoms with van der Waals surface area (Å²) in [5, 5.41) is -0.0464. The summed E-state index contributed by atoms with van der Waals surface area (Å²) in [5.41, 5.74) is 2.83. The Kier molecular flexibility index (Phi) is 10.7. The highest BCUT2D eigenvalue weighted by atomic mass is 35.5. The molecule has 1 saturated heterocycles. The highest BCUT2D eigenvalue weighted by molar-refractivity contribution is 7.90. The number of halogens is 1. The second-order valence-corrected chi connectivity index (χ2v) is 19.1. The zero-order chi connectivity index (χ0) is 38.4. The molecule has 3 aliphatic heterocycles. The third kappa shape index (κ3) is 7.49. The van der Waals surface area contributed by atoms with Gasteiger partial charge in [-0.25, -0.2) is 18.1 Å². The van der Waals surface area contributed by atoms with Crippen molar-refractivity contribution in [1.82, 2.24) is 14.6 Å². The first kappa shape index (κ1) is 38.2. The molecule has 1 spiro atoms. The van der Waals surface area contributed by atoms with Crippen molar-refractivity contribution >= 4 is 39.0 Å². The first-order valence-electron chi connectivity index (χ1n) is 20.0. The summed E-state index contributed by atoms with van der Waals surface area (Å²) in [5.74, 6) is 1.41. The van der Waals surface area contributed by atoms with Gasteiger partial charge in [0.25, 0.3) is 5.91 Å². The van der Waals surface area contributed by atoms with Crippen LogP contribution in [0.2, 0.25) is 5.02 Å². The molecule has 294 valence electrons. The number of rotatable bonds is 4. The number of nitrogens with one attached hydrogen (secondary N) is 1. The molecule has 5 aliphatic rings. The van der Waals surface area contributed by atoms with Crippen molar-refractivity contribution in [3.8, 4) is 5.75 Å². The smallest absolute Gasteiger partial charge is 0.264 e. The van der Waals surface area contributed by atoms with E-state index in [1.807, 2.05) is 50.6 Å². The lowest BCUT2D eigenvalue weighted by Gasteiger charge is -2.52. The zero-order valence-corrected chi connectivity index (χ0v) is 33.8. The maximum absolute atomic E-state index is 13.7. The maximum Gasteiger partial charge on any atom is 0.264 e. The Morgan fingerprint density at radius 3 is 2.62 bits per heavy atom. The van der Waals surface area contributed by atoms with Crippen LogP contribution in [0.1, 0.15) is 67.4 Å². The Balaban J connectivity index is 1.16. The molecule has 4 heterocycles. The summed E-state index contributed by atoms with van der Waals surface area (Å²) in [4.78, 5) is 25.6. The highest BCUT2D eigenvalue weighted by Gasteiger charge is 2.50. The molecule has 2 aliphatic carbocycles. The van der Waals surface area contributed by atoms with Gasteiger partial charge < -0.3 is 19.3 Å². The number of allylic oxidation sites excluding steroid dienone is 1. The van der Waals surface area contributed by atoms with Gasteiger partial charge >= 0.3 is 0 Å². The van der Waals surface area contributed by atoms with Gasteiger partial charge in [0.05, 0.1) is 17.5 Å². The summed E-state index contributed by atoms with van der Waals surface area (Å²) in [6, 6.07) is 17.7. The van der Waals surface area contributed by atoms with Gasteiger partial charge in [-0.3, -0.25) is 9.69 Å². The fourth-order valence-corrected chi connectivity index (χ4v) is 11.3. The van der Waals surface area contributed by atoms with E-state index >= 15 is 0 Å². The van der Waals surface area contributed by atoms with E-state index < -0.39 is 26.8 Å². The minimum Gasteiger partial charge on any atom is -0.490 e. The SMILES string of the molecule is CO[C@@]1(CN2CCN(c3ccccn3)CC2)/C=C/C[C@H](C)[C@@H](C)S(=O)(=O)NC(=O)c2ccc3c(c2)N(C[C@@H]2CC[C@H]21)C[C@@]1(CCCc2cc(Cl)ccc21)CO3. The lowest BCUT2D eigenvalue weighted by atomic mass is 9.63. The van der Waals surface area contributed by atoms with Gasteiger partial charge in [0.1, 0.15) is 17.2 Å². The number of anilines is 2. The van der Waals surface area contributed by atoms with Crippen LogP contribution < -0.4 is 19.3 Å². The summed E-state index contributed by atoms with van der Waals surface area (Å²) in [7, 11) is -2.13. The third-order valence-corrected chi connectivity index (χ3v) is 15.6. The zero-order valence-electron chi connectivity index (χ0n) is 32.3. The molecule has 10 nitrogen and oxygen atoms in total. The van der Waals surface area contributed by atoms with E-state index in [0.29, 0.717) is 36.8 Å². The molecule has 8 rings (SSSR count). The van der Waals surface area contributed by atoms with Gasteiger partial charge in [-0.15, -0.1) is 0 Å². The molecule has 2 aromatic carbocycles. The molecule has 55 heavy (non-hydrogen) atoms. The summed E-state index contributed by atoms with van der Waals surface area (Å²) < 4.78 is 43.1. The van der Waals surface area contributed by atoms with Crippen molar-refractivity contribution in [3.63, 3.8) is 0 Å². The van der Waals surface area contributed by atoms with Gasteiger partial charge in [-0.05, 0) is 117 Å². The van der Waals surface area contributed by atoms with Crippen LogP contribution in [-0.4, -0.2) is 94.6 Å². The molecule has 2 fully saturated rings. The van der Waals surface area contributed by atoms with Crippen molar-refractivity contribution in [2.45, 2.75) is 68.6 Å². The number of piperazine rings is 1. The Morgan fingerprint density at radius 2 is 1.87 bits per heavy atom. The van der Waals surface area contributed by atoms with E-state index in [-0.39, 0.29) is 17.3 Å². The Bertz CT molecular complexity index is 2020. The number of sulfonamides is 1. The summed E-state index contributed by atoms with van der Waals surface area (Å²) in [6.07, 6.45) is 11.8. The monoisotopic (exact) mass is 787 g/mol. The molecule has 12 heteroatoms. The molecule has 1 aromatic heterocycles. The summed E-state index contributed by atoms with van der Waals surface area (Å²) in [6.45, 7) is 9.89. The average Bonchev–Trinajstić information content (AvgIpc) is 3.32. The van der Waals surface area contributed by atoms with E-state index in [1.165, 1.54) is 11.1 Å². The van der Waals surface area contributed by atoms with Crippen molar-refractivity contribution in [2.75, 3.05) is 69.3 Å². The molecular formula is C43H54ClN5O5S. The molecule has 1 N–H and O–H groups in total. The van der Waals surface area contributed by atoms with Gasteiger partial charge in [-0.2, -0.15) is 0 Å². The fourth-order valence-electron chi connectivity index (χ4n) is 9.83. The molecule has 0 unspecified atom stereocenters. The number of methoxy groups -OCH3 is 1. The van der Waals surface area contributed by atoms with Crippen LogP contribution >= 0.6 is 11.6 Å². The summed E-state index contributed by atoms with van der Waals surface area (Å²) >= 11 is 6.51. The molecule has 1 amide bonds. The number of benzene rings is 2. The Labute approximate surface area is 331 Å². The van der Waals surface area contributed by atoms with Crippen LogP contribution in [-0.2, 0) is 26.6 Å². The predicted octanol–water partition coefficient (Wildman–Crippen LogP) is 6.49. The third-order valence-electron chi connectivity index (χ3n) is 13.4. The Morgan fingerprint density at radius 1 is 1.04 bits per heavy atom. The van der Waals surface area contributed by atoms with Crippen LogP contribution in [0.4, 0.5) is 11.5 Å². The van der Waals surface area contributed by atoms with Gasteiger partial charge in [0.2, 0.25) is 10.0 Å². The van der Waals surface area contributed by atoms with Crippen LogP contribution in [0.25, 0.3) is 0 Å². The predicted molar refractivity (Wildman–Crippen MR) is 218 cm³/mol. The first-order valence-corrected chi connectivity index (χ1v) is 21.9. The van der Waals surface area contributed by atoms with Gasteiger partial charge in [-0.1, -0.05) is 42.8 Å². The number of hydrogen-bond acceptors (Lipinski definition) is 9. The number of aromatic nitrogens is 1. The molecular weight excluding hydrogens is 734 g/mol. The number of fused-ring (bicyclic) bond motifs is 4. The van der Waals surface area contributed by atoms with Gasteiger partial charge in [0.15, 0.2) is 0 Å². The second kappa shape index (κ2) is 15.4. The first-order chi connectivity index (χ1) is 26.5. The lowest BCUT2D eigenvalue weighted by molar-refractivity contribution is -0.0920. The maximum atomic E-state index is 13.7. The molecule has 2 bridgehead atoms. The van der Waals surface area contributed by atoms with Crippen molar-refractivity contribution in [3.05, 3.63) is 94.7 Å². The average molecular weight is 788 g/mol. The van der Waals surface area contributed by atoms with Gasteiger partial charge in [0, 0.05) is 75.1 Å². The van der Waals surface area contributed by atoms with E-state index in [0.717, 1.165) is 87.9 Å². The highest BCUT2D eigenvalue weighted by Crippen LogP contribution is 2.49. The number of nitrogens with zero attached hydrogens (tertiary/aromatic N) is 4. The molecule has 6 atom stereocenters. The quantitative estimate of drug-likeness (QED) is 0.298. The fraction of sp³-hybridized carbons (Fsp3) is 0.535. The largest absolute Gasteiger partial charge is 0.490 e. The van der Waals surface area contributed by atoms with Crippen molar-refractivity contribution < 1.29 is 22.7 Å². The number of carbonyl (C=O) groups is 1. The number of aryl methyl sites for hydroxylation is 1. The molecule has 1 saturated carbocycles. The molecule has 3 aromatic rings. The topological polar surface area (TPSA) is 104 Å². The number of carbonyl (C=O) groups excluding carboxylic acids is 1. The van der Waals surface area contributed by atoms with Crippen LogP contribution in [0, 0.1) is 17.8 Å². The van der Waals surface area contributed by atoms with E-state index in [2.05, 4.69) is 54.8 Å². The van der Waals surface area contributed by atoms with Crippen LogP contribution in [0.3, 0.4) is 0 Å². The Hall–Kier alpha value is -3.64. The van der Waals surface area contributed by atoms with E-state index in [1.54, 1.807) is 13.0 Å². The number of amides is 1. The lowest BCUT2D eigenvalue weighted by Crippen LogP contribution is -2.59. The minimum absolute atomic E-state index is 0.233. The molecule has 0 radical (unpaired) electrons. The number of pyridine rings is 1. The second-order valence-electron chi connectivity index (χ2n) is 16.6. The minimum atomic E-state index is -3.97. The standard InChI is InChI=1S/C43H54ClN5O5S/c1-30-8-6-18-43(53-3,28-47-20-22-48(23-21-47)40-10-4-5-19-45-40)37-14-11-34(37)26-49-27-42(17-7-9-32-24-35(44)13-15-36(32)42)29-54-39-16-12-33(25-38(39)49)41(50)46-55(51,52)31(30)2/h4-6,10,12-13,15-16,18-19,24-25,30-31,34,37H,7-9,11,14,17,20-23,26-29H2,1-3H3,(H,46,50)/b18-6+/t30-,31+,34-,37+,42-,43+/m0/s1. The van der Waals surface area contributed by atoms with Crippen LogP contribution in [0.15, 0.2) is 72.9 Å². The van der Waals surface area contributed by atoms with Crippen LogP contribution in [0.5, 0.6) is 5.75 Å². The number of ether oxygens (including phenoxy) is 2. The van der Waals surface area contributed by atoms with E-state index in [4.69, 9.17) is 21.1 Å². The number of hydrogen-bond donors (Lipinski definition) is 1. The van der Waals surface area contributed by atoms with Crippen molar-refractivity contribution in [1.29, 1.82) is 0 Å². The normalized spacial score (nSPS) is 31.6. The van der Waals surface area contributed by atoms with Crippen molar-refractivity contribution in [2.24, 2.45) is 17.8 Å².